The Kier molecular flexibility index (Phi) is 4.70. The molecule has 0 aliphatic carbocycles. The first-order chi connectivity index (χ1) is 6.76. The highest BCUT2D eigenvalue weighted by Gasteiger charge is 2.02. The van der Waals surface area contributed by atoms with Crippen molar-refractivity contribution in [2.24, 2.45) is 0 Å². The fraction of sp³-hybridized carbons (Fsp3) is 0.636. The summed E-state index contributed by atoms with van der Waals surface area (Å²) in [6.07, 6.45) is 0.964. The van der Waals surface area contributed by atoms with Crippen LogP contribution in [0.1, 0.15) is 25.4 Å². The zero-order chi connectivity index (χ0) is 10.4. The monoisotopic (exact) mass is 196 g/mol. The third kappa shape index (κ3) is 3.52. The van der Waals surface area contributed by atoms with Crippen LogP contribution in [-0.2, 0) is 13.0 Å². The average molecular weight is 196 g/mol. The number of rotatable bonds is 6. The van der Waals surface area contributed by atoms with Crippen molar-refractivity contribution in [1.29, 1.82) is 0 Å². The lowest BCUT2D eigenvalue weighted by molar-refractivity contribution is 0.427. The molecule has 2 N–H and O–H groups in total. The molecule has 80 valence electrons. The van der Waals surface area contributed by atoms with Crippen LogP contribution < -0.4 is 10.6 Å². The van der Waals surface area contributed by atoms with E-state index in [-0.39, 0.29) is 0 Å². The number of likely N-dealkylation sites (N-methyl/N-ethyl adjacent to an activating group) is 1. The lowest BCUT2D eigenvalue weighted by Gasteiger charge is -2.11. The van der Waals surface area contributed by atoms with Gasteiger partial charge >= 0.3 is 0 Å². The minimum Gasteiger partial charge on any atom is -0.465 e. The second kappa shape index (κ2) is 5.83. The highest BCUT2D eigenvalue weighted by molar-refractivity contribution is 5.06. The van der Waals surface area contributed by atoms with Gasteiger partial charge in [-0.2, -0.15) is 0 Å². The first-order valence-corrected chi connectivity index (χ1v) is 5.21. The van der Waals surface area contributed by atoms with Gasteiger partial charge in [-0.15, -0.1) is 0 Å². The molecule has 3 heteroatoms. The van der Waals surface area contributed by atoms with Gasteiger partial charge in [-0.1, -0.05) is 6.92 Å². The molecule has 1 atom stereocenters. The van der Waals surface area contributed by atoms with Crippen molar-refractivity contribution in [3.8, 4) is 0 Å². The second-order valence-electron chi connectivity index (χ2n) is 3.56. The highest BCUT2D eigenvalue weighted by Crippen LogP contribution is 2.07. The van der Waals surface area contributed by atoms with E-state index >= 15 is 0 Å². The number of hydrogen-bond acceptors (Lipinski definition) is 3. The molecule has 0 amide bonds. The van der Waals surface area contributed by atoms with Crippen molar-refractivity contribution in [1.82, 2.24) is 10.6 Å². The van der Waals surface area contributed by atoms with Crippen LogP contribution >= 0.6 is 0 Å². The predicted molar refractivity (Wildman–Crippen MR) is 58.3 cm³/mol. The summed E-state index contributed by atoms with van der Waals surface area (Å²) in [7, 11) is 1.96. The van der Waals surface area contributed by atoms with E-state index in [4.69, 9.17) is 4.42 Å². The Bertz CT molecular complexity index is 258. The first-order valence-electron chi connectivity index (χ1n) is 5.21. The Morgan fingerprint density at radius 1 is 1.36 bits per heavy atom. The highest BCUT2D eigenvalue weighted by atomic mass is 16.3. The lowest BCUT2D eigenvalue weighted by Crippen LogP contribution is -2.34. The fourth-order valence-electron chi connectivity index (χ4n) is 1.36. The molecular weight excluding hydrogens is 176 g/mol. The van der Waals surface area contributed by atoms with Gasteiger partial charge in [0, 0.05) is 19.0 Å². The summed E-state index contributed by atoms with van der Waals surface area (Å²) < 4.78 is 5.58. The molecule has 1 unspecified atom stereocenters. The Balaban J connectivity index is 2.30. The Morgan fingerprint density at radius 3 is 2.64 bits per heavy atom. The van der Waals surface area contributed by atoms with E-state index in [1.54, 1.807) is 0 Å². The number of hydrogen-bond donors (Lipinski definition) is 2. The van der Waals surface area contributed by atoms with Crippen LogP contribution in [0.3, 0.4) is 0 Å². The molecule has 0 fully saturated rings. The van der Waals surface area contributed by atoms with Gasteiger partial charge in [0.15, 0.2) is 0 Å². The van der Waals surface area contributed by atoms with Crippen molar-refractivity contribution >= 4 is 0 Å². The molecule has 0 saturated heterocycles. The standard InChI is InChI=1S/C11H20N2O/c1-4-10-5-6-11(14-10)8-13-9(2)7-12-3/h5-6,9,12-13H,4,7-8H2,1-3H3. The van der Waals surface area contributed by atoms with Gasteiger partial charge in [0.05, 0.1) is 6.54 Å². The Hall–Kier alpha value is -0.800. The van der Waals surface area contributed by atoms with E-state index in [0.717, 1.165) is 31.0 Å². The molecule has 14 heavy (non-hydrogen) atoms. The fourth-order valence-corrected chi connectivity index (χ4v) is 1.36. The minimum atomic E-state index is 0.468. The minimum absolute atomic E-state index is 0.468. The Labute approximate surface area is 85.9 Å². The molecule has 0 bridgehead atoms. The van der Waals surface area contributed by atoms with Crippen LogP contribution in [0, 0.1) is 0 Å². The largest absolute Gasteiger partial charge is 0.465 e. The van der Waals surface area contributed by atoms with E-state index in [1.807, 2.05) is 19.2 Å². The third-order valence-electron chi connectivity index (χ3n) is 2.20. The maximum absolute atomic E-state index is 5.58. The number of furan rings is 1. The van der Waals surface area contributed by atoms with Gasteiger partial charge in [-0.05, 0) is 26.1 Å². The van der Waals surface area contributed by atoms with E-state index in [0.29, 0.717) is 6.04 Å². The normalized spacial score (nSPS) is 13.1. The summed E-state index contributed by atoms with van der Waals surface area (Å²) in [5, 5.41) is 6.51. The molecule has 1 heterocycles. The van der Waals surface area contributed by atoms with E-state index in [1.165, 1.54) is 0 Å². The third-order valence-corrected chi connectivity index (χ3v) is 2.20. The summed E-state index contributed by atoms with van der Waals surface area (Å²) in [5.41, 5.74) is 0. The van der Waals surface area contributed by atoms with Crippen molar-refractivity contribution in [2.45, 2.75) is 32.9 Å². The quantitative estimate of drug-likeness (QED) is 0.724. The van der Waals surface area contributed by atoms with E-state index in [9.17, 15) is 0 Å². The van der Waals surface area contributed by atoms with Crippen molar-refractivity contribution < 1.29 is 4.42 Å². The summed E-state index contributed by atoms with van der Waals surface area (Å²) in [6, 6.07) is 4.55. The van der Waals surface area contributed by atoms with E-state index in [2.05, 4.69) is 24.5 Å². The van der Waals surface area contributed by atoms with Gasteiger partial charge in [0.2, 0.25) is 0 Å². The van der Waals surface area contributed by atoms with E-state index < -0.39 is 0 Å². The van der Waals surface area contributed by atoms with Crippen LogP contribution in [0.25, 0.3) is 0 Å². The zero-order valence-electron chi connectivity index (χ0n) is 9.26. The van der Waals surface area contributed by atoms with Crippen molar-refractivity contribution in [3.63, 3.8) is 0 Å². The van der Waals surface area contributed by atoms with Crippen LogP contribution in [0.2, 0.25) is 0 Å². The van der Waals surface area contributed by atoms with Crippen LogP contribution in [0.5, 0.6) is 0 Å². The van der Waals surface area contributed by atoms with Crippen LogP contribution in [-0.4, -0.2) is 19.6 Å². The topological polar surface area (TPSA) is 37.2 Å². The predicted octanol–water partition coefficient (Wildman–Crippen LogP) is 1.54. The van der Waals surface area contributed by atoms with Gasteiger partial charge in [-0.3, -0.25) is 0 Å². The number of aryl methyl sites for hydroxylation is 1. The maximum Gasteiger partial charge on any atom is 0.117 e. The molecule has 3 nitrogen and oxygen atoms in total. The summed E-state index contributed by atoms with van der Waals surface area (Å²) in [6.45, 7) is 6.03. The molecule has 0 radical (unpaired) electrons. The SMILES string of the molecule is CCc1ccc(CNC(C)CNC)o1. The molecule has 1 rings (SSSR count). The molecule has 0 saturated carbocycles. The van der Waals surface area contributed by atoms with Crippen molar-refractivity contribution in [2.75, 3.05) is 13.6 Å². The van der Waals surface area contributed by atoms with Crippen molar-refractivity contribution in [3.05, 3.63) is 23.7 Å². The van der Waals surface area contributed by atoms with Gasteiger partial charge in [0.25, 0.3) is 0 Å². The molecule has 0 aliphatic rings. The molecule has 0 aromatic carbocycles. The molecular formula is C11H20N2O. The van der Waals surface area contributed by atoms with Crippen LogP contribution in [0.4, 0.5) is 0 Å². The average Bonchev–Trinajstić information content (AvgIpc) is 2.63. The molecule has 1 aromatic rings. The molecule has 0 spiro atoms. The zero-order valence-corrected chi connectivity index (χ0v) is 9.26. The van der Waals surface area contributed by atoms with Gasteiger partial charge in [0.1, 0.15) is 11.5 Å². The summed E-state index contributed by atoms with van der Waals surface area (Å²) >= 11 is 0. The number of nitrogens with one attached hydrogen (secondary N) is 2. The second-order valence-corrected chi connectivity index (χ2v) is 3.56. The maximum atomic E-state index is 5.58. The molecule has 0 aliphatic heterocycles. The summed E-state index contributed by atoms with van der Waals surface area (Å²) in [5.74, 6) is 2.08. The first kappa shape index (κ1) is 11.3. The smallest absolute Gasteiger partial charge is 0.117 e. The van der Waals surface area contributed by atoms with Crippen LogP contribution in [0.15, 0.2) is 16.5 Å². The lowest BCUT2D eigenvalue weighted by atomic mass is 10.3. The van der Waals surface area contributed by atoms with Gasteiger partial charge < -0.3 is 15.1 Å². The summed E-state index contributed by atoms with van der Waals surface area (Å²) in [4.78, 5) is 0. The molecule has 1 aromatic heterocycles. The Morgan fingerprint density at radius 2 is 2.07 bits per heavy atom. The van der Waals surface area contributed by atoms with Gasteiger partial charge in [-0.25, -0.2) is 0 Å².